The molecule has 1 aromatic carbocycles. The van der Waals surface area contributed by atoms with Gasteiger partial charge in [-0.3, -0.25) is 4.99 Å². The van der Waals surface area contributed by atoms with E-state index < -0.39 is 5.97 Å². The van der Waals surface area contributed by atoms with E-state index >= 15 is 0 Å². The van der Waals surface area contributed by atoms with Gasteiger partial charge in [-0.2, -0.15) is 11.8 Å². The van der Waals surface area contributed by atoms with Gasteiger partial charge < -0.3 is 20.5 Å². The average molecular weight is 446 g/mol. The number of nitrogens with one attached hydrogen (secondary N) is 2. The Morgan fingerprint density at radius 1 is 1.16 bits per heavy atom. The summed E-state index contributed by atoms with van der Waals surface area (Å²) in [5.74, 6) is 3.87. The molecule has 0 unspecified atom stereocenters. The van der Waals surface area contributed by atoms with Crippen LogP contribution in [0.25, 0.3) is 0 Å². The van der Waals surface area contributed by atoms with Crippen LogP contribution in [-0.2, 0) is 4.74 Å². The first kappa shape index (κ1) is 22.5. The van der Waals surface area contributed by atoms with E-state index in [1.165, 1.54) is 38.5 Å². The zero-order chi connectivity index (χ0) is 21.7. The topological polar surface area (TPSA) is 83.0 Å². The van der Waals surface area contributed by atoms with Gasteiger partial charge in [0.25, 0.3) is 0 Å². The molecule has 4 saturated carbocycles. The summed E-state index contributed by atoms with van der Waals surface area (Å²) in [4.78, 5) is 15.7. The van der Waals surface area contributed by atoms with Gasteiger partial charge in [-0.15, -0.1) is 0 Å². The average Bonchev–Trinajstić information content (AvgIpc) is 2.73. The number of hydrogen-bond donors (Lipinski definition) is 3. The first-order valence-corrected chi connectivity index (χ1v) is 12.6. The first-order chi connectivity index (χ1) is 15.0. The molecule has 4 aliphatic carbocycles. The van der Waals surface area contributed by atoms with Gasteiger partial charge in [0, 0.05) is 43.0 Å². The maximum atomic E-state index is 11.1. The highest BCUT2D eigenvalue weighted by Crippen LogP contribution is 2.60. The van der Waals surface area contributed by atoms with Crippen LogP contribution in [-0.4, -0.2) is 54.3 Å². The highest BCUT2D eigenvalue weighted by atomic mass is 32.2. The summed E-state index contributed by atoms with van der Waals surface area (Å²) >= 11 is 2.19. The fourth-order valence-electron chi connectivity index (χ4n) is 6.02. The van der Waals surface area contributed by atoms with Crippen molar-refractivity contribution in [3.05, 3.63) is 29.8 Å². The summed E-state index contributed by atoms with van der Waals surface area (Å²) in [6, 6.07) is 6.77. The van der Waals surface area contributed by atoms with E-state index in [0.717, 1.165) is 48.1 Å². The van der Waals surface area contributed by atoms with Crippen molar-refractivity contribution in [2.24, 2.45) is 22.7 Å². The normalized spacial score (nSPS) is 29.2. The Kier molecular flexibility index (Phi) is 7.43. The van der Waals surface area contributed by atoms with E-state index in [9.17, 15) is 4.79 Å². The van der Waals surface area contributed by atoms with Gasteiger partial charge in [0.1, 0.15) is 0 Å². The van der Waals surface area contributed by atoms with Gasteiger partial charge in [0.05, 0.1) is 5.56 Å². The van der Waals surface area contributed by atoms with Gasteiger partial charge in [0.15, 0.2) is 5.96 Å². The Morgan fingerprint density at radius 2 is 1.81 bits per heavy atom. The Labute approximate surface area is 189 Å². The minimum Gasteiger partial charge on any atom is -0.478 e. The predicted molar refractivity (Wildman–Crippen MR) is 127 cm³/mol. The van der Waals surface area contributed by atoms with Gasteiger partial charge >= 0.3 is 5.97 Å². The molecular formula is C24H35N3O3S. The number of aliphatic imine (C=N–C) groups is 1. The number of thioether (sulfide) groups is 1. The van der Waals surface area contributed by atoms with Crippen LogP contribution in [0.4, 0.5) is 5.69 Å². The predicted octanol–water partition coefficient (Wildman–Crippen LogP) is 4.48. The number of rotatable bonds is 10. The van der Waals surface area contributed by atoms with E-state index in [0.29, 0.717) is 17.9 Å². The molecule has 1 aromatic rings. The van der Waals surface area contributed by atoms with E-state index in [1.54, 1.807) is 31.4 Å². The number of methoxy groups -OCH3 is 1. The Balaban J connectivity index is 1.29. The Morgan fingerprint density at radius 3 is 2.39 bits per heavy atom. The summed E-state index contributed by atoms with van der Waals surface area (Å²) in [7, 11) is 1.70. The second-order valence-corrected chi connectivity index (χ2v) is 11.0. The second kappa shape index (κ2) is 10.3. The van der Waals surface area contributed by atoms with Gasteiger partial charge in [-0.05, 0) is 87.0 Å². The van der Waals surface area contributed by atoms with Crippen molar-refractivity contribution < 1.29 is 14.6 Å². The summed E-state index contributed by atoms with van der Waals surface area (Å²) < 4.78 is 5.66. The maximum absolute atomic E-state index is 11.1. The van der Waals surface area contributed by atoms with Crippen LogP contribution in [0.15, 0.2) is 29.3 Å². The van der Waals surface area contributed by atoms with Crippen molar-refractivity contribution in [1.82, 2.24) is 5.32 Å². The lowest BCUT2D eigenvalue weighted by Crippen LogP contribution is -2.49. The molecule has 6 nitrogen and oxygen atoms in total. The van der Waals surface area contributed by atoms with E-state index in [1.807, 2.05) is 0 Å². The van der Waals surface area contributed by atoms with Crippen LogP contribution in [0, 0.1) is 17.8 Å². The van der Waals surface area contributed by atoms with Gasteiger partial charge in [-0.1, -0.05) is 0 Å². The molecule has 4 fully saturated rings. The van der Waals surface area contributed by atoms with Crippen molar-refractivity contribution in [3.8, 4) is 0 Å². The SMILES string of the molecule is COCCCN=C(NCCSC12CC3CC(CC(C3)C1)C2)Nc1ccc(C(=O)O)cc1. The number of aromatic carboxylic acids is 1. The number of hydrogen-bond acceptors (Lipinski definition) is 4. The van der Waals surface area contributed by atoms with E-state index in [4.69, 9.17) is 9.84 Å². The van der Waals surface area contributed by atoms with Crippen molar-refractivity contribution in [2.45, 2.75) is 49.7 Å². The number of anilines is 1. The standard InChI is InChI=1S/C24H35N3O3S/c1-30-9-2-7-25-23(27-21-5-3-20(4-6-21)22(28)29)26-8-10-31-24-14-17-11-18(15-24)13-19(12-17)16-24/h3-6,17-19H,2,7-16H2,1H3,(H,28,29)(H2,25,26,27). The molecule has 0 atom stereocenters. The largest absolute Gasteiger partial charge is 0.478 e. The third-order valence-electron chi connectivity index (χ3n) is 6.96. The molecule has 0 spiro atoms. The van der Waals surface area contributed by atoms with E-state index in [-0.39, 0.29) is 5.56 Å². The third kappa shape index (κ3) is 5.95. The molecule has 7 heteroatoms. The van der Waals surface area contributed by atoms with Crippen LogP contribution in [0.1, 0.15) is 55.3 Å². The smallest absolute Gasteiger partial charge is 0.335 e. The van der Waals surface area contributed by atoms with Crippen LogP contribution in [0.3, 0.4) is 0 Å². The molecule has 0 aliphatic heterocycles. The fourth-order valence-corrected chi connectivity index (χ4v) is 7.71. The third-order valence-corrected chi connectivity index (χ3v) is 8.48. The second-order valence-electron chi connectivity index (χ2n) is 9.46. The molecular weight excluding hydrogens is 410 g/mol. The van der Waals surface area contributed by atoms with Crippen molar-refractivity contribution >= 4 is 29.4 Å². The first-order valence-electron chi connectivity index (χ1n) is 11.6. The Hall–Kier alpha value is -1.73. The molecule has 0 aromatic heterocycles. The molecule has 4 bridgehead atoms. The highest BCUT2D eigenvalue weighted by molar-refractivity contribution is 8.00. The maximum Gasteiger partial charge on any atom is 0.335 e. The fraction of sp³-hybridized carbons (Fsp3) is 0.667. The van der Waals surface area contributed by atoms with Crippen LogP contribution in [0.2, 0.25) is 0 Å². The van der Waals surface area contributed by atoms with Crippen LogP contribution in [0.5, 0.6) is 0 Å². The number of carboxylic acids is 1. The van der Waals surface area contributed by atoms with Crippen LogP contribution < -0.4 is 10.6 Å². The number of nitrogens with zero attached hydrogens (tertiary/aromatic N) is 1. The zero-order valence-corrected chi connectivity index (χ0v) is 19.3. The van der Waals surface area contributed by atoms with Crippen molar-refractivity contribution in [3.63, 3.8) is 0 Å². The molecule has 0 radical (unpaired) electrons. The van der Waals surface area contributed by atoms with E-state index in [2.05, 4.69) is 27.4 Å². The summed E-state index contributed by atoms with van der Waals surface area (Å²) in [6.45, 7) is 2.24. The molecule has 3 N–H and O–H groups in total. The molecule has 0 amide bonds. The molecule has 5 rings (SSSR count). The van der Waals surface area contributed by atoms with Gasteiger partial charge in [-0.25, -0.2) is 4.79 Å². The summed E-state index contributed by atoms with van der Waals surface area (Å²) in [6.07, 6.45) is 9.60. The number of benzene rings is 1. The number of ether oxygens (including phenoxy) is 1. The Bertz CT molecular complexity index is 745. The van der Waals surface area contributed by atoms with Gasteiger partial charge in [0.2, 0.25) is 0 Å². The molecule has 4 aliphatic rings. The lowest BCUT2D eigenvalue weighted by atomic mass is 9.56. The van der Waals surface area contributed by atoms with Crippen LogP contribution >= 0.6 is 11.8 Å². The lowest BCUT2D eigenvalue weighted by Gasteiger charge is -2.56. The number of carbonyl (C=O) groups is 1. The quantitative estimate of drug-likeness (QED) is 0.280. The minimum atomic E-state index is -0.917. The van der Waals surface area contributed by atoms with Crippen molar-refractivity contribution in [2.75, 3.05) is 37.9 Å². The minimum absolute atomic E-state index is 0.282. The summed E-state index contributed by atoms with van der Waals surface area (Å²) in [5.41, 5.74) is 1.11. The lowest BCUT2D eigenvalue weighted by molar-refractivity contribution is 0.0383. The summed E-state index contributed by atoms with van der Waals surface area (Å²) in [5, 5.41) is 15.9. The molecule has 170 valence electrons. The highest BCUT2D eigenvalue weighted by Gasteiger charge is 2.50. The van der Waals surface area contributed by atoms with Crippen molar-refractivity contribution in [1.29, 1.82) is 0 Å². The molecule has 0 heterocycles. The molecule has 31 heavy (non-hydrogen) atoms. The number of carboxylic acid groups (broad SMARTS) is 1. The molecule has 0 saturated heterocycles. The number of guanidine groups is 1. The zero-order valence-electron chi connectivity index (χ0n) is 18.4. The monoisotopic (exact) mass is 445 g/mol.